The average Bonchev–Trinajstić information content (AvgIpc) is 3.35. The van der Waals surface area contributed by atoms with Crippen LogP contribution in [0.25, 0.3) is 0 Å². The molecule has 0 saturated heterocycles. The Kier molecular flexibility index (Phi) is 4.59. The van der Waals surface area contributed by atoms with Crippen molar-refractivity contribution in [2.45, 2.75) is 58.1 Å². The van der Waals surface area contributed by atoms with Crippen molar-refractivity contribution >= 4 is 17.7 Å². The third kappa shape index (κ3) is 3.41. The Balaban J connectivity index is 1.52. The van der Waals surface area contributed by atoms with Gasteiger partial charge in [0.05, 0.1) is 12.2 Å². The summed E-state index contributed by atoms with van der Waals surface area (Å²) in [5, 5.41) is 12.3. The predicted molar refractivity (Wildman–Crippen MR) is 99.0 cm³/mol. The number of nitrogens with zero attached hydrogens (tertiary/aromatic N) is 2. The van der Waals surface area contributed by atoms with Gasteiger partial charge in [-0.3, -0.25) is 5.32 Å². The second-order valence-corrected chi connectivity index (χ2v) is 7.22. The van der Waals surface area contributed by atoms with Crippen molar-refractivity contribution < 1.29 is 19.4 Å². The summed E-state index contributed by atoms with van der Waals surface area (Å²) in [6.07, 6.45) is 7.38. The molecule has 2 aliphatic rings. The van der Waals surface area contributed by atoms with Crippen LogP contribution in [0.4, 0.5) is 10.5 Å². The highest BCUT2D eigenvalue weighted by Gasteiger charge is 2.28. The molecule has 7 heteroatoms. The van der Waals surface area contributed by atoms with Crippen LogP contribution in [0.2, 0.25) is 0 Å². The number of hydrogen-bond acceptors (Lipinski definition) is 4. The summed E-state index contributed by atoms with van der Waals surface area (Å²) in [5.41, 5.74) is 5.82. The van der Waals surface area contributed by atoms with Gasteiger partial charge in [0.1, 0.15) is 5.82 Å². The molecule has 1 amide bonds. The van der Waals surface area contributed by atoms with E-state index in [0.717, 1.165) is 44.2 Å². The minimum absolute atomic E-state index is 0.0274. The number of aryl methyl sites for hydroxylation is 3. The lowest BCUT2D eigenvalue weighted by atomic mass is 9.99. The fourth-order valence-corrected chi connectivity index (χ4v) is 4.17. The minimum Gasteiger partial charge on any atom is -0.478 e. The van der Waals surface area contributed by atoms with Crippen molar-refractivity contribution in [1.29, 1.82) is 0 Å². The Morgan fingerprint density at radius 2 is 1.89 bits per heavy atom. The van der Waals surface area contributed by atoms with E-state index in [4.69, 9.17) is 4.74 Å². The van der Waals surface area contributed by atoms with Gasteiger partial charge in [-0.25, -0.2) is 14.6 Å². The molecule has 27 heavy (non-hydrogen) atoms. The monoisotopic (exact) mass is 369 g/mol. The van der Waals surface area contributed by atoms with E-state index in [2.05, 4.69) is 16.4 Å². The van der Waals surface area contributed by atoms with Crippen LogP contribution in [-0.4, -0.2) is 32.8 Å². The van der Waals surface area contributed by atoms with Crippen LogP contribution in [0.1, 0.15) is 40.9 Å². The van der Waals surface area contributed by atoms with E-state index in [0.29, 0.717) is 5.82 Å². The molecule has 0 aliphatic heterocycles. The third-order valence-corrected chi connectivity index (χ3v) is 5.51. The zero-order valence-corrected chi connectivity index (χ0v) is 15.3. The first kappa shape index (κ1) is 17.6. The highest BCUT2D eigenvalue weighted by Crippen LogP contribution is 2.38. The number of amides is 1. The average molecular weight is 369 g/mol. The molecule has 2 aliphatic carbocycles. The van der Waals surface area contributed by atoms with Crippen LogP contribution < -0.4 is 5.32 Å². The SMILES string of the molecule is Cc1nccn1CC(OC(=O)Nc1c2c(cc3c1CCC3)CCC2)C(=O)O. The molecule has 0 fully saturated rings. The number of carbonyl (C=O) groups excluding carboxylic acids is 1. The van der Waals surface area contributed by atoms with Gasteiger partial charge in [0, 0.05) is 12.4 Å². The summed E-state index contributed by atoms with van der Waals surface area (Å²) in [7, 11) is 0. The zero-order valence-electron chi connectivity index (χ0n) is 15.3. The van der Waals surface area contributed by atoms with Gasteiger partial charge in [-0.2, -0.15) is 0 Å². The maximum Gasteiger partial charge on any atom is 0.412 e. The molecule has 1 atom stereocenters. The van der Waals surface area contributed by atoms with E-state index in [9.17, 15) is 14.7 Å². The first-order valence-corrected chi connectivity index (χ1v) is 9.37. The predicted octanol–water partition coefficient (Wildman–Crippen LogP) is 2.87. The number of fused-ring (bicyclic) bond motifs is 2. The summed E-state index contributed by atoms with van der Waals surface area (Å²) >= 11 is 0. The first-order chi connectivity index (χ1) is 13.0. The Morgan fingerprint density at radius 3 is 2.44 bits per heavy atom. The van der Waals surface area contributed by atoms with Crippen LogP contribution in [0, 0.1) is 6.92 Å². The van der Waals surface area contributed by atoms with Crippen LogP contribution in [0.3, 0.4) is 0 Å². The van der Waals surface area contributed by atoms with E-state index in [-0.39, 0.29) is 6.54 Å². The molecule has 1 aromatic heterocycles. The maximum atomic E-state index is 12.5. The van der Waals surface area contributed by atoms with Gasteiger partial charge in [-0.05, 0) is 67.7 Å². The van der Waals surface area contributed by atoms with Crippen molar-refractivity contribution in [1.82, 2.24) is 9.55 Å². The largest absolute Gasteiger partial charge is 0.478 e. The number of aromatic nitrogens is 2. The zero-order chi connectivity index (χ0) is 19.0. The van der Waals surface area contributed by atoms with Crippen LogP contribution >= 0.6 is 0 Å². The number of carbonyl (C=O) groups is 2. The maximum absolute atomic E-state index is 12.5. The van der Waals surface area contributed by atoms with E-state index in [1.54, 1.807) is 23.9 Å². The van der Waals surface area contributed by atoms with E-state index in [1.165, 1.54) is 22.3 Å². The van der Waals surface area contributed by atoms with Gasteiger partial charge in [0.2, 0.25) is 6.10 Å². The lowest BCUT2D eigenvalue weighted by Crippen LogP contribution is -2.33. The lowest BCUT2D eigenvalue weighted by Gasteiger charge is -2.19. The normalized spacial score (nSPS) is 15.9. The Labute approximate surface area is 157 Å². The Bertz CT molecular complexity index is 871. The molecular formula is C20H23N3O4. The summed E-state index contributed by atoms with van der Waals surface area (Å²) in [6, 6.07) is 2.28. The Hall–Kier alpha value is -2.83. The molecule has 0 spiro atoms. The summed E-state index contributed by atoms with van der Waals surface area (Å²) in [4.78, 5) is 28.1. The number of ether oxygens (including phenoxy) is 1. The summed E-state index contributed by atoms with van der Waals surface area (Å²) in [5.74, 6) is -0.509. The van der Waals surface area contributed by atoms with Gasteiger partial charge < -0.3 is 14.4 Å². The molecule has 1 unspecified atom stereocenters. The van der Waals surface area contributed by atoms with Crippen LogP contribution in [0.5, 0.6) is 0 Å². The van der Waals surface area contributed by atoms with Crippen LogP contribution in [0.15, 0.2) is 18.5 Å². The highest BCUT2D eigenvalue weighted by atomic mass is 16.6. The van der Waals surface area contributed by atoms with Crippen LogP contribution in [-0.2, 0) is 41.8 Å². The summed E-state index contributed by atoms with van der Waals surface area (Å²) in [6.45, 7) is 1.80. The number of anilines is 1. The molecule has 0 saturated carbocycles. The molecule has 2 N–H and O–H groups in total. The number of carboxylic acids is 1. The first-order valence-electron chi connectivity index (χ1n) is 9.37. The number of carboxylic acid groups (broad SMARTS) is 1. The molecular weight excluding hydrogens is 346 g/mol. The Morgan fingerprint density at radius 1 is 1.22 bits per heavy atom. The quantitative estimate of drug-likeness (QED) is 0.845. The number of nitrogens with one attached hydrogen (secondary N) is 1. The lowest BCUT2D eigenvalue weighted by molar-refractivity contribution is -0.147. The van der Waals surface area contributed by atoms with Crippen molar-refractivity contribution in [3.8, 4) is 0 Å². The fourth-order valence-electron chi connectivity index (χ4n) is 4.17. The van der Waals surface area contributed by atoms with Crippen molar-refractivity contribution in [2.75, 3.05) is 5.32 Å². The van der Waals surface area contributed by atoms with Gasteiger partial charge in [-0.1, -0.05) is 6.07 Å². The number of rotatable bonds is 5. The number of benzene rings is 1. The fraction of sp³-hybridized carbons (Fsp3) is 0.450. The molecule has 4 rings (SSSR count). The molecule has 142 valence electrons. The van der Waals surface area contributed by atoms with E-state index >= 15 is 0 Å². The third-order valence-electron chi connectivity index (χ3n) is 5.51. The van der Waals surface area contributed by atoms with Gasteiger partial charge in [-0.15, -0.1) is 0 Å². The number of imidazole rings is 1. The smallest absolute Gasteiger partial charge is 0.412 e. The molecule has 0 radical (unpaired) electrons. The topological polar surface area (TPSA) is 93.5 Å². The van der Waals surface area contributed by atoms with Crippen molar-refractivity contribution in [3.05, 3.63) is 46.5 Å². The van der Waals surface area contributed by atoms with E-state index in [1.807, 2.05) is 0 Å². The van der Waals surface area contributed by atoms with Gasteiger partial charge in [0.25, 0.3) is 0 Å². The van der Waals surface area contributed by atoms with Gasteiger partial charge >= 0.3 is 12.1 Å². The molecule has 1 heterocycles. The van der Waals surface area contributed by atoms with E-state index < -0.39 is 18.2 Å². The number of aliphatic carboxylic acids is 1. The molecule has 7 nitrogen and oxygen atoms in total. The molecule has 1 aromatic carbocycles. The minimum atomic E-state index is -1.28. The highest BCUT2D eigenvalue weighted by molar-refractivity contribution is 5.90. The van der Waals surface area contributed by atoms with Crippen molar-refractivity contribution in [2.24, 2.45) is 0 Å². The van der Waals surface area contributed by atoms with Gasteiger partial charge in [0.15, 0.2) is 0 Å². The number of hydrogen-bond donors (Lipinski definition) is 2. The second kappa shape index (κ2) is 7.06. The van der Waals surface area contributed by atoms with Crippen molar-refractivity contribution in [3.63, 3.8) is 0 Å². The summed E-state index contributed by atoms with van der Waals surface area (Å²) < 4.78 is 6.92. The molecule has 0 bridgehead atoms. The standard InChI is InChI=1S/C20H23N3O4/c1-12-21-8-9-23(12)11-17(19(24)25)27-20(26)22-18-15-6-2-4-13(15)10-14-5-3-7-16(14)18/h8-10,17H,2-7,11H2,1H3,(H,22,26)(H,24,25). The second-order valence-electron chi connectivity index (χ2n) is 7.22. The molecule has 2 aromatic rings.